The van der Waals surface area contributed by atoms with Crippen LogP contribution in [0.25, 0.3) is 11.3 Å². The summed E-state index contributed by atoms with van der Waals surface area (Å²) in [6, 6.07) is 2.43. The largest absolute Gasteiger partial charge is 0.444 e. The molecule has 1 unspecified atom stereocenters. The van der Waals surface area contributed by atoms with Crippen molar-refractivity contribution in [1.29, 1.82) is 0 Å². The Labute approximate surface area is 245 Å². The monoisotopic (exact) mass is 609 g/mol. The lowest BCUT2D eigenvalue weighted by Gasteiger charge is -2.43. The number of likely N-dealkylation sites (tertiary alicyclic amines) is 1. The van der Waals surface area contributed by atoms with Gasteiger partial charge in [0, 0.05) is 44.2 Å². The molecule has 0 spiro atoms. The third-order valence-electron chi connectivity index (χ3n) is 7.56. The second-order valence-corrected chi connectivity index (χ2v) is 11.8. The van der Waals surface area contributed by atoms with Crippen molar-refractivity contribution in [1.82, 2.24) is 25.1 Å². The highest BCUT2D eigenvalue weighted by Gasteiger charge is 2.47. The summed E-state index contributed by atoms with van der Waals surface area (Å²) in [5.74, 6) is -3.84. The van der Waals surface area contributed by atoms with Gasteiger partial charge >= 0.3 is 6.09 Å². The molecule has 12 nitrogen and oxygen atoms in total. The molecule has 0 radical (unpaired) electrons. The van der Waals surface area contributed by atoms with Crippen LogP contribution >= 0.6 is 0 Å². The van der Waals surface area contributed by atoms with Crippen LogP contribution in [-0.4, -0.2) is 98.2 Å². The highest BCUT2D eigenvalue weighted by Crippen LogP contribution is 2.35. The molecule has 6 atom stereocenters. The number of ether oxygens (including phenoxy) is 3. The van der Waals surface area contributed by atoms with Gasteiger partial charge in [-0.25, -0.2) is 22.6 Å². The highest BCUT2D eigenvalue weighted by atomic mass is 19.2. The normalized spacial score (nSPS) is 26.2. The van der Waals surface area contributed by atoms with Gasteiger partial charge in [0.1, 0.15) is 41.4 Å². The lowest BCUT2D eigenvalue weighted by molar-refractivity contribution is -0.212. The number of halogens is 3. The Morgan fingerprint density at radius 2 is 1.88 bits per heavy atom. The van der Waals surface area contributed by atoms with E-state index in [1.54, 1.807) is 11.0 Å². The molecule has 0 saturated carbocycles. The van der Waals surface area contributed by atoms with Crippen LogP contribution < -0.4 is 0 Å². The van der Waals surface area contributed by atoms with Gasteiger partial charge in [0.2, 0.25) is 0 Å². The van der Waals surface area contributed by atoms with Crippen LogP contribution in [0.1, 0.15) is 50.6 Å². The minimum atomic E-state index is -1.60. The summed E-state index contributed by atoms with van der Waals surface area (Å²) in [7, 11) is 1.42. The van der Waals surface area contributed by atoms with Gasteiger partial charge in [0.25, 0.3) is 0 Å². The molecular formula is C28H34F3N5O7. The van der Waals surface area contributed by atoms with Crippen LogP contribution in [0.2, 0.25) is 0 Å². The number of aliphatic hydroxyl groups is 2. The summed E-state index contributed by atoms with van der Waals surface area (Å²) in [5.41, 5.74) is -0.0991. The number of benzene rings is 1. The highest BCUT2D eigenvalue weighted by molar-refractivity contribution is 5.68. The van der Waals surface area contributed by atoms with Crippen molar-refractivity contribution in [3.05, 3.63) is 53.3 Å². The number of methoxy groups -OCH3 is 1. The maximum absolute atomic E-state index is 13.8. The molecule has 5 rings (SSSR count). The van der Waals surface area contributed by atoms with Gasteiger partial charge in [0.15, 0.2) is 17.5 Å². The van der Waals surface area contributed by atoms with Gasteiger partial charge in [-0.3, -0.25) is 0 Å². The Kier molecular flexibility index (Phi) is 8.79. The van der Waals surface area contributed by atoms with E-state index < -0.39 is 60.1 Å². The molecule has 2 aliphatic rings. The molecule has 0 bridgehead atoms. The number of hydrogen-bond donors (Lipinski definition) is 2. The number of carbonyl (C=O) groups excluding carboxylic acids is 1. The third-order valence-corrected chi connectivity index (χ3v) is 7.56. The van der Waals surface area contributed by atoms with Crippen molar-refractivity contribution < 1.29 is 46.9 Å². The van der Waals surface area contributed by atoms with Crippen LogP contribution in [0.4, 0.5) is 18.0 Å². The first-order chi connectivity index (χ1) is 20.4. The van der Waals surface area contributed by atoms with E-state index in [9.17, 15) is 28.2 Å². The molecular weight excluding hydrogens is 575 g/mol. The topological polar surface area (TPSA) is 145 Å². The summed E-state index contributed by atoms with van der Waals surface area (Å²) >= 11 is 0. The van der Waals surface area contributed by atoms with Crippen LogP contribution in [0.3, 0.4) is 0 Å². The molecule has 2 saturated heterocycles. The maximum atomic E-state index is 13.8. The molecule has 2 aromatic heterocycles. The SMILES string of the molecule is CO[C@@H]1[C@@H](n2cc(-c3cc(F)c(F)c(F)c3)nn2)[C@@H](O)[C@@H](CO)O[C@@H]1Cc1cc(C2CCN(C(=O)OC(C)(C)C)C2)on1. The van der Waals surface area contributed by atoms with E-state index in [1.165, 1.54) is 18.0 Å². The Balaban J connectivity index is 1.32. The smallest absolute Gasteiger partial charge is 0.410 e. The third kappa shape index (κ3) is 6.54. The standard InChI is InChI=1S/C28H34F3N5O7/c1-28(2,3)42-27(39)35-6-5-14(11-35)20-9-16(33-43-20)10-21-26(40-4)24(25(38)22(13-37)41-21)36-12-19(32-34-36)15-7-17(29)23(31)18(30)8-15/h7-9,12,14,21-22,24-26,37-38H,5-6,10-11,13H2,1-4H3/t14?,21-,22-,24+,25+,26+/m1/s1. The lowest BCUT2D eigenvalue weighted by Crippen LogP contribution is -2.57. The zero-order valence-corrected chi connectivity index (χ0v) is 24.1. The zero-order valence-electron chi connectivity index (χ0n) is 24.1. The summed E-state index contributed by atoms with van der Waals surface area (Å²) in [6.07, 6.45) is -2.09. The van der Waals surface area contributed by atoms with Gasteiger partial charge in [-0.15, -0.1) is 5.10 Å². The first-order valence-corrected chi connectivity index (χ1v) is 13.9. The minimum Gasteiger partial charge on any atom is -0.444 e. The first-order valence-electron chi connectivity index (χ1n) is 13.9. The average Bonchev–Trinajstić information content (AvgIpc) is 3.72. The average molecular weight is 610 g/mol. The number of amides is 1. The van der Waals surface area contributed by atoms with Crippen LogP contribution in [0, 0.1) is 17.5 Å². The Bertz CT molecular complexity index is 1420. The first kappa shape index (κ1) is 30.9. The second kappa shape index (κ2) is 12.2. The number of hydrogen-bond acceptors (Lipinski definition) is 10. The summed E-state index contributed by atoms with van der Waals surface area (Å²) in [5, 5.41) is 33.2. The van der Waals surface area contributed by atoms with Crippen molar-refractivity contribution in [2.45, 2.75) is 75.6 Å². The van der Waals surface area contributed by atoms with Crippen molar-refractivity contribution in [2.75, 3.05) is 26.8 Å². The Morgan fingerprint density at radius 1 is 1.16 bits per heavy atom. The minimum absolute atomic E-state index is 0.0292. The number of nitrogens with zero attached hydrogens (tertiary/aromatic N) is 5. The van der Waals surface area contributed by atoms with E-state index in [4.69, 9.17) is 18.7 Å². The molecule has 2 N–H and O–H groups in total. The summed E-state index contributed by atoms with van der Waals surface area (Å²) in [4.78, 5) is 14.1. The fraction of sp³-hybridized carbons (Fsp3) is 0.571. The van der Waals surface area contributed by atoms with E-state index in [0.717, 1.165) is 12.1 Å². The van der Waals surface area contributed by atoms with E-state index in [-0.39, 0.29) is 29.7 Å². The Hall–Kier alpha value is -3.53. The lowest BCUT2D eigenvalue weighted by atomic mass is 9.90. The summed E-state index contributed by atoms with van der Waals surface area (Å²) in [6.45, 7) is 5.84. The molecule has 3 aromatic rings. The van der Waals surface area contributed by atoms with Crippen molar-refractivity contribution in [3.63, 3.8) is 0 Å². The predicted molar refractivity (Wildman–Crippen MR) is 142 cm³/mol. The van der Waals surface area contributed by atoms with Gasteiger partial charge < -0.3 is 33.8 Å². The molecule has 234 valence electrons. The maximum Gasteiger partial charge on any atom is 0.410 e. The molecule has 15 heteroatoms. The molecule has 1 aromatic carbocycles. The molecule has 43 heavy (non-hydrogen) atoms. The van der Waals surface area contributed by atoms with Gasteiger partial charge in [0.05, 0.1) is 24.6 Å². The van der Waals surface area contributed by atoms with E-state index in [2.05, 4.69) is 15.5 Å². The number of rotatable bonds is 7. The van der Waals surface area contributed by atoms with Crippen molar-refractivity contribution in [2.24, 2.45) is 0 Å². The second-order valence-electron chi connectivity index (χ2n) is 11.8. The van der Waals surface area contributed by atoms with Gasteiger partial charge in [-0.2, -0.15) is 0 Å². The van der Waals surface area contributed by atoms with Crippen LogP contribution in [0.15, 0.2) is 28.9 Å². The van der Waals surface area contributed by atoms with E-state index in [1.807, 2.05) is 20.8 Å². The molecule has 0 aliphatic carbocycles. The zero-order chi connectivity index (χ0) is 31.1. The number of aromatic nitrogens is 4. The predicted octanol–water partition coefficient (Wildman–Crippen LogP) is 2.99. The number of aliphatic hydroxyl groups excluding tert-OH is 2. The molecule has 4 heterocycles. The number of carbonyl (C=O) groups is 1. The fourth-order valence-corrected chi connectivity index (χ4v) is 5.50. The van der Waals surface area contributed by atoms with Crippen molar-refractivity contribution in [3.8, 4) is 11.3 Å². The van der Waals surface area contributed by atoms with Crippen LogP contribution in [-0.2, 0) is 20.6 Å². The quantitative estimate of drug-likeness (QED) is 0.384. The van der Waals surface area contributed by atoms with Crippen LogP contribution in [0.5, 0.6) is 0 Å². The van der Waals surface area contributed by atoms with E-state index in [0.29, 0.717) is 31.0 Å². The van der Waals surface area contributed by atoms with Gasteiger partial charge in [-0.05, 0) is 39.3 Å². The molecule has 1 amide bonds. The van der Waals surface area contributed by atoms with E-state index >= 15 is 0 Å². The Morgan fingerprint density at radius 3 is 2.53 bits per heavy atom. The summed E-state index contributed by atoms with van der Waals surface area (Å²) < 4.78 is 65.2. The molecule has 2 fully saturated rings. The molecule has 2 aliphatic heterocycles. The van der Waals surface area contributed by atoms with Crippen molar-refractivity contribution >= 4 is 6.09 Å². The fourth-order valence-electron chi connectivity index (χ4n) is 5.50. The van der Waals surface area contributed by atoms with Gasteiger partial charge in [-0.1, -0.05) is 10.4 Å².